The smallest absolute Gasteiger partial charge is 0.338 e. The second-order valence-corrected chi connectivity index (χ2v) is 8.99. The zero-order chi connectivity index (χ0) is 20.5. The Hall–Kier alpha value is -2.77. The highest BCUT2D eigenvalue weighted by molar-refractivity contribution is 7.13. The van der Waals surface area contributed by atoms with Crippen LogP contribution in [0.2, 0.25) is 0 Å². The van der Waals surface area contributed by atoms with Crippen LogP contribution in [0.15, 0.2) is 63.5 Å². The Balaban J connectivity index is 1.96. The maximum atomic E-state index is 13.4. The highest BCUT2D eigenvalue weighted by Crippen LogP contribution is 2.30. The average Bonchev–Trinajstić information content (AvgIpc) is 3.24. The molecule has 29 heavy (non-hydrogen) atoms. The van der Waals surface area contributed by atoms with Gasteiger partial charge >= 0.3 is 5.97 Å². The third-order valence-electron chi connectivity index (χ3n) is 4.67. The van der Waals surface area contributed by atoms with Gasteiger partial charge in [-0.1, -0.05) is 41.7 Å². The van der Waals surface area contributed by atoms with Crippen LogP contribution in [0.3, 0.4) is 0 Å². The molecule has 0 aliphatic carbocycles. The van der Waals surface area contributed by atoms with E-state index in [0.717, 1.165) is 10.4 Å². The van der Waals surface area contributed by atoms with Gasteiger partial charge in [-0.15, -0.1) is 11.3 Å². The molecule has 0 radical (unpaired) electrons. The van der Waals surface area contributed by atoms with Crippen molar-refractivity contribution in [3.63, 3.8) is 0 Å². The van der Waals surface area contributed by atoms with E-state index in [1.54, 1.807) is 29.8 Å². The SMILES string of the molecule is CCOC(=O)C1=C(C)N=c2s/c(=C\c3ccc(C)s3)c(=O)n2C1c1ccccc1. The molecule has 7 heteroatoms. The van der Waals surface area contributed by atoms with Gasteiger partial charge in [-0.25, -0.2) is 9.79 Å². The highest BCUT2D eigenvalue weighted by atomic mass is 32.1. The molecular formula is C22H20N2O3S2. The van der Waals surface area contributed by atoms with Crippen molar-refractivity contribution in [3.05, 3.63) is 88.7 Å². The Bertz CT molecular complexity index is 1280. The number of aromatic nitrogens is 1. The van der Waals surface area contributed by atoms with Gasteiger partial charge in [-0.2, -0.15) is 0 Å². The van der Waals surface area contributed by atoms with Crippen molar-refractivity contribution in [2.24, 2.45) is 4.99 Å². The normalized spacial score (nSPS) is 16.5. The number of carbonyl (C=O) groups is 1. The van der Waals surface area contributed by atoms with Crippen LogP contribution in [-0.2, 0) is 9.53 Å². The van der Waals surface area contributed by atoms with Crippen LogP contribution < -0.4 is 14.9 Å². The van der Waals surface area contributed by atoms with Gasteiger partial charge in [-0.05, 0) is 44.5 Å². The standard InChI is InChI=1S/C22H20N2O3S2/c1-4-27-21(26)18-14(3)23-22-24(19(18)15-8-6-5-7-9-15)20(25)17(29-22)12-16-11-10-13(2)28-16/h5-12,19H,4H2,1-3H3/b17-12-. The first kappa shape index (κ1) is 19.5. The topological polar surface area (TPSA) is 60.7 Å². The number of benzene rings is 1. The summed E-state index contributed by atoms with van der Waals surface area (Å²) in [5.41, 5.74) is 1.69. The van der Waals surface area contributed by atoms with E-state index in [0.29, 0.717) is 20.6 Å². The summed E-state index contributed by atoms with van der Waals surface area (Å²) in [6.07, 6.45) is 1.90. The molecule has 5 nitrogen and oxygen atoms in total. The van der Waals surface area contributed by atoms with E-state index in [4.69, 9.17) is 4.74 Å². The molecule has 0 spiro atoms. The van der Waals surface area contributed by atoms with Crippen molar-refractivity contribution in [2.45, 2.75) is 26.8 Å². The van der Waals surface area contributed by atoms with Crippen LogP contribution in [0.4, 0.5) is 0 Å². The molecule has 1 aliphatic heterocycles. The molecule has 1 aromatic carbocycles. The number of rotatable bonds is 4. The zero-order valence-electron chi connectivity index (χ0n) is 16.3. The summed E-state index contributed by atoms with van der Waals surface area (Å²) in [6, 6.07) is 13.0. The summed E-state index contributed by atoms with van der Waals surface area (Å²) in [4.78, 5) is 33.5. The van der Waals surface area contributed by atoms with E-state index in [2.05, 4.69) is 4.99 Å². The van der Waals surface area contributed by atoms with Gasteiger partial charge in [0.15, 0.2) is 4.80 Å². The molecule has 1 aliphatic rings. The minimum absolute atomic E-state index is 0.150. The Morgan fingerprint density at radius 2 is 1.93 bits per heavy atom. The Labute approximate surface area is 175 Å². The maximum absolute atomic E-state index is 13.4. The van der Waals surface area contributed by atoms with Crippen molar-refractivity contribution in [1.82, 2.24) is 4.57 Å². The van der Waals surface area contributed by atoms with Crippen molar-refractivity contribution >= 4 is 34.7 Å². The molecule has 1 atom stereocenters. The number of ether oxygens (including phenoxy) is 1. The largest absolute Gasteiger partial charge is 0.463 e. The van der Waals surface area contributed by atoms with E-state index in [1.807, 2.05) is 55.5 Å². The van der Waals surface area contributed by atoms with Crippen LogP contribution in [0, 0.1) is 6.92 Å². The fourth-order valence-electron chi connectivity index (χ4n) is 3.40. The van der Waals surface area contributed by atoms with E-state index in [1.165, 1.54) is 16.2 Å². The molecule has 3 aromatic rings. The lowest BCUT2D eigenvalue weighted by Gasteiger charge is -2.24. The van der Waals surface area contributed by atoms with E-state index < -0.39 is 12.0 Å². The lowest BCUT2D eigenvalue weighted by atomic mass is 9.96. The predicted octanol–water partition coefficient (Wildman–Crippen LogP) is 3.17. The summed E-state index contributed by atoms with van der Waals surface area (Å²) in [5.74, 6) is -0.439. The number of hydrogen-bond donors (Lipinski definition) is 0. The third kappa shape index (κ3) is 3.63. The Kier molecular flexibility index (Phi) is 5.34. The molecule has 0 fully saturated rings. The fraction of sp³-hybridized carbons (Fsp3) is 0.227. The van der Waals surface area contributed by atoms with E-state index in [-0.39, 0.29) is 12.2 Å². The molecule has 0 N–H and O–H groups in total. The predicted molar refractivity (Wildman–Crippen MR) is 116 cm³/mol. The summed E-state index contributed by atoms with van der Waals surface area (Å²) in [6.45, 7) is 5.86. The minimum atomic E-state index is -0.557. The quantitative estimate of drug-likeness (QED) is 0.605. The Morgan fingerprint density at radius 1 is 1.17 bits per heavy atom. The van der Waals surface area contributed by atoms with Gasteiger partial charge in [0.05, 0.1) is 28.5 Å². The minimum Gasteiger partial charge on any atom is -0.463 e. The molecule has 0 amide bonds. The van der Waals surface area contributed by atoms with Gasteiger partial charge in [-0.3, -0.25) is 9.36 Å². The number of allylic oxidation sites excluding steroid dienone is 1. The number of esters is 1. The summed E-state index contributed by atoms with van der Waals surface area (Å²) < 4.78 is 7.51. The van der Waals surface area contributed by atoms with Gasteiger partial charge in [0.2, 0.25) is 0 Å². The van der Waals surface area contributed by atoms with Crippen LogP contribution in [0.25, 0.3) is 6.08 Å². The molecule has 0 bridgehead atoms. The zero-order valence-corrected chi connectivity index (χ0v) is 18.0. The van der Waals surface area contributed by atoms with Gasteiger partial charge in [0.1, 0.15) is 0 Å². The van der Waals surface area contributed by atoms with Gasteiger partial charge in [0, 0.05) is 9.75 Å². The molecular weight excluding hydrogens is 404 g/mol. The lowest BCUT2D eigenvalue weighted by Crippen LogP contribution is -2.39. The van der Waals surface area contributed by atoms with Crippen LogP contribution in [0.5, 0.6) is 0 Å². The van der Waals surface area contributed by atoms with Crippen LogP contribution in [0.1, 0.15) is 35.2 Å². The van der Waals surface area contributed by atoms with Gasteiger partial charge in [0.25, 0.3) is 5.56 Å². The molecule has 4 rings (SSSR count). The summed E-state index contributed by atoms with van der Waals surface area (Å²) in [7, 11) is 0. The van der Waals surface area contributed by atoms with Crippen LogP contribution in [-0.4, -0.2) is 17.1 Å². The number of aryl methyl sites for hydroxylation is 1. The average molecular weight is 425 g/mol. The van der Waals surface area contributed by atoms with Gasteiger partial charge < -0.3 is 4.74 Å². The molecule has 1 unspecified atom stereocenters. The number of thiophene rings is 1. The first-order chi connectivity index (χ1) is 14.0. The van der Waals surface area contributed by atoms with Crippen molar-refractivity contribution in [2.75, 3.05) is 6.61 Å². The van der Waals surface area contributed by atoms with E-state index in [9.17, 15) is 9.59 Å². The second-order valence-electron chi connectivity index (χ2n) is 6.66. The third-order valence-corrected chi connectivity index (χ3v) is 6.60. The summed E-state index contributed by atoms with van der Waals surface area (Å²) >= 11 is 2.98. The van der Waals surface area contributed by atoms with Crippen LogP contribution >= 0.6 is 22.7 Å². The number of fused-ring (bicyclic) bond motifs is 1. The second kappa shape index (κ2) is 7.93. The first-order valence-electron chi connectivity index (χ1n) is 9.30. The number of hydrogen-bond acceptors (Lipinski definition) is 6. The number of carbonyl (C=O) groups excluding carboxylic acids is 1. The summed E-state index contributed by atoms with van der Waals surface area (Å²) in [5, 5.41) is 0. The molecule has 2 aromatic heterocycles. The molecule has 0 saturated heterocycles. The Morgan fingerprint density at radius 3 is 2.59 bits per heavy atom. The number of nitrogens with zero attached hydrogens (tertiary/aromatic N) is 2. The van der Waals surface area contributed by atoms with Crippen molar-refractivity contribution in [3.8, 4) is 0 Å². The van der Waals surface area contributed by atoms with Crippen molar-refractivity contribution in [1.29, 1.82) is 0 Å². The monoisotopic (exact) mass is 424 g/mol. The molecule has 148 valence electrons. The first-order valence-corrected chi connectivity index (χ1v) is 10.9. The van der Waals surface area contributed by atoms with Crippen molar-refractivity contribution < 1.29 is 9.53 Å². The molecule has 3 heterocycles. The van der Waals surface area contributed by atoms with E-state index >= 15 is 0 Å². The number of thiazole rings is 1. The fourth-order valence-corrected chi connectivity index (χ4v) is 5.34. The molecule has 0 saturated carbocycles. The maximum Gasteiger partial charge on any atom is 0.338 e. The highest BCUT2D eigenvalue weighted by Gasteiger charge is 2.33. The lowest BCUT2D eigenvalue weighted by molar-refractivity contribution is -0.139.